The predicted octanol–water partition coefficient (Wildman–Crippen LogP) is 4.20. The van der Waals surface area contributed by atoms with Gasteiger partial charge < -0.3 is 4.90 Å². The molecular formula is C14H12BrFN2S. The van der Waals surface area contributed by atoms with Crippen molar-refractivity contribution in [2.45, 2.75) is 6.42 Å². The summed E-state index contributed by atoms with van der Waals surface area (Å²) in [7, 11) is 1.85. The molecule has 1 heterocycles. The molecular weight excluding hydrogens is 327 g/mol. The standard InChI is InChI=1S/C14H12BrFN2S/c1-18(7-6-11-3-2-8-19-11)12-5-4-10(9-17)13(15)14(12)16/h2-5,8H,6-7H2,1H3. The van der Waals surface area contributed by atoms with Crippen LogP contribution < -0.4 is 4.90 Å². The molecule has 0 saturated carbocycles. The summed E-state index contributed by atoms with van der Waals surface area (Å²) in [5.41, 5.74) is 0.815. The average Bonchev–Trinajstić information content (AvgIpc) is 2.92. The van der Waals surface area contributed by atoms with Crippen LogP contribution in [-0.4, -0.2) is 13.6 Å². The lowest BCUT2D eigenvalue weighted by molar-refractivity contribution is 0.615. The first-order valence-electron chi connectivity index (χ1n) is 5.75. The van der Waals surface area contributed by atoms with Gasteiger partial charge in [0.2, 0.25) is 0 Å². The van der Waals surface area contributed by atoms with Crippen molar-refractivity contribution in [1.29, 1.82) is 5.26 Å². The molecule has 0 aliphatic carbocycles. The van der Waals surface area contributed by atoms with E-state index in [9.17, 15) is 4.39 Å². The molecule has 0 amide bonds. The third kappa shape index (κ3) is 3.14. The molecule has 0 unspecified atom stereocenters. The topological polar surface area (TPSA) is 27.0 Å². The van der Waals surface area contributed by atoms with Gasteiger partial charge >= 0.3 is 0 Å². The van der Waals surface area contributed by atoms with Gasteiger partial charge in [-0.1, -0.05) is 6.07 Å². The Morgan fingerprint density at radius 2 is 2.21 bits per heavy atom. The molecule has 2 aromatic rings. The molecule has 0 fully saturated rings. The molecule has 2 rings (SSSR count). The molecule has 2 nitrogen and oxygen atoms in total. The van der Waals surface area contributed by atoms with Crippen LogP contribution in [0.1, 0.15) is 10.4 Å². The first-order chi connectivity index (χ1) is 9.13. The number of halogens is 2. The Bertz CT molecular complexity index is 605. The largest absolute Gasteiger partial charge is 0.372 e. The lowest BCUT2D eigenvalue weighted by Gasteiger charge is -2.20. The van der Waals surface area contributed by atoms with Crippen molar-refractivity contribution in [2.24, 2.45) is 0 Å². The molecule has 0 N–H and O–H groups in total. The zero-order valence-corrected chi connectivity index (χ0v) is 12.8. The predicted molar refractivity (Wildman–Crippen MR) is 80.1 cm³/mol. The maximum atomic E-state index is 14.1. The summed E-state index contributed by atoms with van der Waals surface area (Å²) in [6, 6.07) is 9.31. The van der Waals surface area contributed by atoms with E-state index >= 15 is 0 Å². The van der Waals surface area contributed by atoms with Gasteiger partial charge in [0.1, 0.15) is 6.07 Å². The van der Waals surface area contributed by atoms with Crippen LogP contribution in [0.2, 0.25) is 0 Å². The van der Waals surface area contributed by atoms with E-state index in [4.69, 9.17) is 5.26 Å². The second kappa shape index (κ2) is 6.18. The number of nitriles is 1. The molecule has 1 aromatic carbocycles. The first-order valence-corrected chi connectivity index (χ1v) is 7.42. The molecule has 0 aliphatic rings. The van der Waals surface area contributed by atoms with Gasteiger partial charge in [0.05, 0.1) is 15.7 Å². The normalized spacial score (nSPS) is 10.2. The molecule has 0 aliphatic heterocycles. The van der Waals surface area contributed by atoms with Crippen molar-refractivity contribution in [3.63, 3.8) is 0 Å². The monoisotopic (exact) mass is 338 g/mol. The second-order valence-corrected chi connectivity index (χ2v) is 5.95. The van der Waals surface area contributed by atoms with Crippen molar-refractivity contribution < 1.29 is 4.39 Å². The number of likely N-dealkylation sites (N-methyl/N-ethyl adjacent to an activating group) is 1. The number of hydrogen-bond acceptors (Lipinski definition) is 3. The summed E-state index contributed by atoms with van der Waals surface area (Å²) < 4.78 is 14.4. The van der Waals surface area contributed by atoms with E-state index in [1.807, 2.05) is 29.5 Å². The van der Waals surface area contributed by atoms with Crippen molar-refractivity contribution >= 4 is 33.0 Å². The van der Waals surface area contributed by atoms with Crippen LogP contribution in [0.4, 0.5) is 10.1 Å². The summed E-state index contributed by atoms with van der Waals surface area (Å²) >= 11 is 4.83. The van der Waals surface area contributed by atoms with E-state index in [2.05, 4.69) is 22.0 Å². The summed E-state index contributed by atoms with van der Waals surface area (Å²) in [6.45, 7) is 0.732. The van der Waals surface area contributed by atoms with Crippen molar-refractivity contribution in [3.05, 3.63) is 50.4 Å². The summed E-state index contributed by atoms with van der Waals surface area (Å²) in [5, 5.41) is 10.9. The van der Waals surface area contributed by atoms with E-state index in [1.165, 1.54) is 4.88 Å². The SMILES string of the molecule is CN(CCc1cccs1)c1ccc(C#N)c(Br)c1F. The Hall–Kier alpha value is -1.38. The maximum Gasteiger partial charge on any atom is 0.161 e. The number of rotatable bonds is 4. The third-order valence-electron chi connectivity index (χ3n) is 2.87. The number of benzene rings is 1. The van der Waals surface area contributed by atoms with Gasteiger partial charge in [0, 0.05) is 18.5 Å². The summed E-state index contributed by atoms with van der Waals surface area (Å²) in [5.74, 6) is -0.382. The molecule has 0 radical (unpaired) electrons. The lowest BCUT2D eigenvalue weighted by Crippen LogP contribution is -2.21. The number of anilines is 1. The van der Waals surface area contributed by atoms with Gasteiger partial charge in [0.15, 0.2) is 5.82 Å². The zero-order valence-electron chi connectivity index (χ0n) is 10.4. The maximum absolute atomic E-state index is 14.1. The number of thiophene rings is 1. The van der Waals surface area contributed by atoms with Gasteiger partial charge in [0.25, 0.3) is 0 Å². The highest BCUT2D eigenvalue weighted by Crippen LogP contribution is 2.28. The Labute approximate surface area is 124 Å². The summed E-state index contributed by atoms with van der Waals surface area (Å²) in [6.07, 6.45) is 0.880. The van der Waals surface area contributed by atoms with Gasteiger partial charge in [-0.2, -0.15) is 5.26 Å². The Kier molecular flexibility index (Phi) is 4.56. The molecule has 98 valence electrons. The van der Waals surface area contributed by atoms with Crippen molar-refractivity contribution in [3.8, 4) is 6.07 Å². The third-order valence-corrected chi connectivity index (χ3v) is 4.58. The van der Waals surface area contributed by atoms with Crippen LogP contribution in [0, 0.1) is 17.1 Å². The van der Waals surface area contributed by atoms with Gasteiger partial charge in [-0.15, -0.1) is 11.3 Å². The fraction of sp³-hybridized carbons (Fsp3) is 0.214. The van der Waals surface area contributed by atoms with Crippen LogP contribution in [0.3, 0.4) is 0 Å². The lowest BCUT2D eigenvalue weighted by atomic mass is 10.2. The smallest absolute Gasteiger partial charge is 0.161 e. The van der Waals surface area contributed by atoms with Crippen LogP contribution in [0.25, 0.3) is 0 Å². The molecule has 0 spiro atoms. The highest BCUT2D eigenvalue weighted by molar-refractivity contribution is 9.10. The van der Waals surface area contributed by atoms with E-state index in [-0.39, 0.29) is 10.3 Å². The zero-order chi connectivity index (χ0) is 13.8. The fourth-order valence-corrected chi connectivity index (χ4v) is 2.90. The molecule has 19 heavy (non-hydrogen) atoms. The minimum atomic E-state index is -0.382. The second-order valence-electron chi connectivity index (χ2n) is 4.12. The van der Waals surface area contributed by atoms with Gasteiger partial charge in [-0.25, -0.2) is 4.39 Å². The van der Waals surface area contributed by atoms with Gasteiger partial charge in [-0.05, 0) is 45.9 Å². The molecule has 0 bridgehead atoms. The minimum absolute atomic E-state index is 0.232. The van der Waals surface area contributed by atoms with Crippen LogP contribution in [0.15, 0.2) is 34.1 Å². The van der Waals surface area contributed by atoms with E-state index in [0.717, 1.165) is 13.0 Å². The number of nitrogens with zero attached hydrogens (tertiary/aromatic N) is 2. The first kappa shape index (κ1) is 14.0. The van der Waals surface area contributed by atoms with Gasteiger partial charge in [-0.3, -0.25) is 0 Å². The quantitative estimate of drug-likeness (QED) is 0.835. The Morgan fingerprint density at radius 1 is 1.42 bits per heavy atom. The van der Waals surface area contributed by atoms with Crippen LogP contribution in [-0.2, 0) is 6.42 Å². The highest BCUT2D eigenvalue weighted by atomic mass is 79.9. The van der Waals surface area contributed by atoms with E-state index in [0.29, 0.717) is 11.3 Å². The highest BCUT2D eigenvalue weighted by Gasteiger charge is 2.14. The average molecular weight is 339 g/mol. The molecule has 0 atom stereocenters. The molecule has 0 saturated heterocycles. The van der Waals surface area contributed by atoms with E-state index in [1.54, 1.807) is 23.5 Å². The van der Waals surface area contributed by atoms with E-state index < -0.39 is 0 Å². The van der Waals surface area contributed by atoms with Crippen molar-refractivity contribution in [2.75, 3.05) is 18.5 Å². The van der Waals surface area contributed by atoms with Crippen molar-refractivity contribution in [1.82, 2.24) is 0 Å². The summed E-state index contributed by atoms with van der Waals surface area (Å²) in [4.78, 5) is 3.14. The Morgan fingerprint density at radius 3 is 2.84 bits per heavy atom. The molecule has 1 aromatic heterocycles. The van der Waals surface area contributed by atoms with Crippen LogP contribution >= 0.6 is 27.3 Å². The minimum Gasteiger partial charge on any atom is -0.372 e. The van der Waals surface area contributed by atoms with Crippen LogP contribution in [0.5, 0.6) is 0 Å². The fourth-order valence-electron chi connectivity index (χ4n) is 1.77. The Balaban J connectivity index is 2.13. The number of hydrogen-bond donors (Lipinski definition) is 0. The molecule has 5 heteroatoms.